The van der Waals surface area contributed by atoms with Crippen LogP contribution in [0, 0.1) is 6.92 Å². The molecule has 0 unspecified atom stereocenters. The summed E-state index contributed by atoms with van der Waals surface area (Å²) in [5.74, 6) is 1.80. The Morgan fingerprint density at radius 2 is 2.18 bits per heavy atom. The number of hydrogen-bond donors (Lipinski definition) is 2. The average Bonchev–Trinajstić information content (AvgIpc) is 2.92. The van der Waals surface area contributed by atoms with Crippen molar-refractivity contribution < 1.29 is 4.79 Å². The molecule has 0 saturated heterocycles. The molecule has 1 aliphatic carbocycles. The van der Waals surface area contributed by atoms with Crippen LogP contribution in [0.15, 0.2) is 18.2 Å². The molecule has 1 heterocycles. The number of benzene rings is 1. The second-order valence-electron chi connectivity index (χ2n) is 5.91. The van der Waals surface area contributed by atoms with Crippen molar-refractivity contribution in [3.63, 3.8) is 0 Å². The molecule has 0 radical (unpaired) electrons. The minimum absolute atomic E-state index is 0.0265. The van der Waals surface area contributed by atoms with Crippen molar-refractivity contribution in [2.45, 2.75) is 44.3 Å². The Kier molecular flexibility index (Phi) is 5.03. The standard InChI is InChI=1S/C17H23N3OS/c1-12-19-15-9-5-8-14(16(15)20-12)17(21)18-10-11-22-13-6-3-2-4-7-13/h5,8-9,13H,2-4,6-7,10-11H2,1H3,(H,18,21)(H,19,20). The molecule has 1 aromatic heterocycles. The minimum atomic E-state index is -0.0265. The van der Waals surface area contributed by atoms with Crippen molar-refractivity contribution >= 4 is 28.7 Å². The highest BCUT2D eigenvalue weighted by atomic mass is 32.2. The quantitative estimate of drug-likeness (QED) is 0.827. The van der Waals surface area contributed by atoms with E-state index in [0.717, 1.165) is 34.4 Å². The first-order chi connectivity index (χ1) is 10.7. The number of hydrogen-bond acceptors (Lipinski definition) is 3. The van der Waals surface area contributed by atoms with E-state index in [-0.39, 0.29) is 5.91 Å². The third kappa shape index (κ3) is 3.64. The monoisotopic (exact) mass is 317 g/mol. The molecule has 1 fully saturated rings. The van der Waals surface area contributed by atoms with Gasteiger partial charge in [-0.2, -0.15) is 11.8 Å². The predicted molar refractivity (Wildman–Crippen MR) is 92.5 cm³/mol. The van der Waals surface area contributed by atoms with Gasteiger partial charge in [0.2, 0.25) is 0 Å². The van der Waals surface area contributed by atoms with Crippen molar-refractivity contribution in [1.29, 1.82) is 0 Å². The molecule has 0 bridgehead atoms. The minimum Gasteiger partial charge on any atom is -0.351 e. The largest absolute Gasteiger partial charge is 0.351 e. The normalized spacial score (nSPS) is 16.0. The molecule has 1 aromatic carbocycles. The number of thioether (sulfide) groups is 1. The molecule has 3 rings (SSSR count). The van der Waals surface area contributed by atoms with E-state index in [9.17, 15) is 4.79 Å². The van der Waals surface area contributed by atoms with Crippen molar-refractivity contribution in [2.24, 2.45) is 0 Å². The number of aryl methyl sites for hydroxylation is 1. The van der Waals surface area contributed by atoms with Crippen molar-refractivity contribution in [3.8, 4) is 0 Å². The second kappa shape index (κ2) is 7.18. The summed E-state index contributed by atoms with van der Waals surface area (Å²) >= 11 is 2.01. The van der Waals surface area contributed by atoms with Gasteiger partial charge in [0.1, 0.15) is 11.3 Å². The van der Waals surface area contributed by atoms with E-state index >= 15 is 0 Å². The molecule has 1 amide bonds. The summed E-state index contributed by atoms with van der Waals surface area (Å²) in [6.45, 7) is 2.63. The number of aromatic nitrogens is 2. The van der Waals surface area contributed by atoms with E-state index in [1.165, 1.54) is 32.1 Å². The summed E-state index contributed by atoms with van der Waals surface area (Å²) in [7, 11) is 0. The van der Waals surface area contributed by atoms with Crippen LogP contribution >= 0.6 is 11.8 Å². The lowest BCUT2D eigenvalue weighted by Crippen LogP contribution is -2.26. The summed E-state index contributed by atoms with van der Waals surface area (Å²) < 4.78 is 0. The number of nitrogens with one attached hydrogen (secondary N) is 2. The fourth-order valence-corrected chi connectivity index (χ4v) is 4.28. The number of H-pyrrole nitrogens is 1. The summed E-state index contributed by atoms with van der Waals surface area (Å²) in [6, 6.07) is 5.68. The third-order valence-electron chi connectivity index (χ3n) is 4.17. The molecular formula is C17H23N3OS. The third-order valence-corrected chi connectivity index (χ3v) is 5.55. The SMILES string of the molecule is Cc1nc2c(C(=O)NCCSC3CCCCC3)cccc2[nH]1. The average molecular weight is 317 g/mol. The van der Waals surface area contributed by atoms with E-state index in [2.05, 4.69) is 15.3 Å². The Morgan fingerprint density at radius 1 is 1.36 bits per heavy atom. The number of imidazole rings is 1. The zero-order valence-electron chi connectivity index (χ0n) is 13.0. The lowest BCUT2D eigenvalue weighted by atomic mass is 10.0. The van der Waals surface area contributed by atoms with Gasteiger partial charge in [-0.15, -0.1) is 0 Å². The fourth-order valence-electron chi connectivity index (χ4n) is 3.06. The summed E-state index contributed by atoms with van der Waals surface area (Å²) in [6.07, 6.45) is 6.80. The van der Waals surface area contributed by atoms with Crippen LogP contribution in [0.1, 0.15) is 48.3 Å². The molecule has 4 nitrogen and oxygen atoms in total. The molecule has 0 atom stereocenters. The zero-order chi connectivity index (χ0) is 15.4. The van der Waals surface area contributed by atoms with E-state index < -0.39 is 0 Å². The van der Waals surface area contributed by atoms with Gasteiger partial charge in [0.25, 0.3) is 5.91 Å². The Morgan fingerprint density at radius 3 is 3.00 bits per heavy atom. The molecular weight excluding hydrogens is 294 g/mol. The number of carbonyl (C=O) groups is 1. The van der Waals surface area contributed by atoms with Crippen LogP contribution < -0.4 is 5.32 Å². The first-order valence-corrected chi connectivity index (χ1v) is 9.14. The van der Waals surface area contributed by atoms with Crippen LogP contribution in [0.2, 0.25) is 0 Å². The van der Waals surface area contributed by atoms with Crippen LogP contribution in [-0.2, 0) is 0 Å². The van der Waals surface area contributed by atoms with Gasteiger partial charge in [-0.1, -0.05) is 25.3 Å². The summed E-state index contributed by atoms with van der Waals surface area (Å²) in [5.41, 5.74) is 2.34. The first-order valence-electron chi connectivity index (χ1n) is 8.09. The zero-order valence-corrected chi connectivity index (χ0v) is 13.8. The number of carbonyl (C=O) groups excluding carboxylic acids is 1. The molecule has 22 heavy (non-hydrogen) atoms. The summed E-state index contributed by atoms with van der Waals surface area (Å²) in [4.78, 5) is 19.9. The maximum Gasteiger partial charge on any atom is 0.253 e. The second-order valence-corrected chi connectivity index (χ2v) is 7.32. The highest BCUT2D eigenvalue weighted by Gasteiger charge is 2.15. The van der Waals surface area contributed by atoms with E-state index in [4.69, 9.17) is 0 Å². The van der Waals surface area contributed by atoms with Crippen molar-refractivity contribution in [2.75, 3.05) is 12.3 Å². The molecule has 0 spiro atoms. The van der Waals surface area contributed by atoms with Gasteiger partial charge in [-0.05, 0) is 31.9 Å². The van der Waals surface area contributed by atoms with Crippen LogP contribution in [0.3, 0.4) is 0 Å². The van der Waals surface area contributed by atoms with Gasteiger partial charge >= 0.3 is 0 Å². The van der Waals surface area contributed by atoms with Crippen LogP contribution in [0.4, 0.5) is 0 Å². The molecule has 0 aliphatic heterocycles. The highest BCUT2D eigenvalue weighted by Crippen LogP contribution is 2.27. The van der Waals surface area contributed by atoms with Crippen LogP contribution in [-0.4, -0.2) is 33.4 Å². The number of amides is 1. The van der Waals surface area contributed by atoms with E-state index in [1.807, 2.05) is 36.9 Å². The van der Waals surface area contributed by atoms with E-state index in [0.29, 0.717) is 5.56 Å². The number of aromatic amines is 1. The number of rotatable bonds is 5. The maximum atomic E-state index is 12.3. The Labute approximate surface area is 135 Å². The van der Waals surface area contributed by atoms with Gasteiger partial charge in [0, 0.05) is 17.5 Å². The lowest BCUT2D eigenvalue weighted by Gasteiger charge is -2.20. The number of para-hydroxylation sites is 1. The van der Waals surface area contributed by atoms with Gasteiger partial charge in [0.05, 0.1) is 11.1 Å². The van der Waals surface area contributed by atoms with Gasteiger partial charge < -0.3 is 10.3 Å². The summed E-state index contributed by atoms with van der Waals surface area (Å²) in [5, 5.41) is 3.82. The van der Waals surface area contributed by atoms with Gasteiger partial charge in [-0.3, -0.25) is 4.79 Å². The molecule has 2 aromatic rings. The predicted octanol–water partition coefficient (Wildman–Crippen LogP) is 3.67. The van der Waals surface area contributed by atoms with Crippen LogP contribution in [0.5, 0.6) is 0 Å². The van der Waals surface area contributed by atoms with Crippen LogP contribution in [0.25, 0.3) is 11.0 Å². The Hall–Kier alpha value is -1.49. The lowest BCUT2D eigenvalue weighted by molar-refractivity contribution is 0.0957. The smallest absolute Gasteiger partial charge is 0.253 e. The fraction of sp³-hybridized carbons (Fsp3) is 0.529. The van der Waals surface area contributed by atoms with Crippen molar-refractivity contribution in [3.05, 3.63) is 29.6 Å². The Balaban J connectivity index is 1.52. The molecule has 1 saturated carbocycles. The maximum absolute atomic E-state index is 12.3. The first kappa shape index (κ1) is 15.4. The molecule has 118 valence electrons. The van der Waals surface area contributed by atoms with Gasteiger partial charge in [-0.25, -0.2) is 4.98 Å². The Bertz CT molecular complexity index is 646. The highest BCUT2D eigenvalue weighted by molar-refractivity contribution is 7.99. The number of nitrogens with zero attached hydrogens (tertiary/aromatic N) is 1. The van der Waals surface area contributed by atoms with Gasteiger partial charge in [0.15, 0.2) is 0 Å². The molecule has 1 aliphatic rings. The molecule has 5 heteroatoms. The molecule has 2 N–H and O–H groups in total. The van der Waals surface area contributed by atoms with Crippen molar-refractivity contribution in [1.82, 2.24) is 15.3 Å². The number of fused-ring (bicyclic) bond motifs is 1. The van der Waals surface area contributed by atoms with E-state index in [1.54, 1.807) is 0 Å². The topological polar surface area (TPSA) is 57.8 Å².